The number of hydrogen-bond acceptors (Lipinski definition) is 4. The molecule has 2 unspecified atom stereocenters. The topological polar surface area (TPSA) is 32.8 Å². The van der Waals surface area contributed by atoms with E-state index in [1.165, 1.54) is 128 Å². The summed E-state index contributed by atoms with van der Waals surface area (Å²) in [6.45, 7) is 2.45. The highest BCUT2D eigenvalue weighted by Gasteiger charge is 2.51. The Morgan fingerprint density at radius 1 is 0.163 bits per heavy atom. The van der Waals surface area contributed by atoms with Crippen LogP contribution in [-0.4, -0.2) is 0 Å². The van der Waals surface area contributed by atoms with E-state index in [0.29, 0.717) is 0 Å². The number of nitrogens with zero attached hydrogens (tertiary/aromatic N) is 2. The molecule has 0 fully saturated rings. The fourth-order valence-corrected chi connectivity index (χ4v) is 24.3. The molecule has 2 aromatic heterocycles. The Labute approximate surface area is 784 Å². The molecule has 632 valence electrons. The molecule has 2 atom stereocenters. The molecule has 0 bridgehead atoms. The lowest BCUT2D eigenvalue weighted by atomic mass is 9.67. The van der Waals surface area contributed by atoms with Crippen LogP contribution in [0.1, 0.15) is 90.4 Å². The van der Waals surface area contributed by atoms with Gasteiger partial charge in [-0.2, -0.15) is 0 Å². The van der Waals surface area contributed by atoms with Crippen molar-refractivity contribution in [1.29, 1.82) is 0 Å². The fourth-order valence-electron chi connectivity index (χ4n) is 24.3. The van der Waals surface area contributed by atoms with E-state index in [1.807, 2.05) is 12.1 Å². The maximum Gasteiger partial charge on any atom is 0.143 e. The summed E-state index contributed by atoms with van der Waals surface area (Å²) >= 11 is 0. The second-order valence-corrected chi connectivity index (χ2v) is 36.8. The Kier molecular flexibility index (Phi) is 17.5. The molecule has 0 amide bonds. The maximum absolute atomic E-state index is 6.72. The van der Waals surface area contributed by atoms with E-state index >= 15 is 0 Å². The first-order valence-corrected chi connectivity index (χ1v) is 46.9. The minimum atomic E-state index is -0.746. The predicted octanol–water partition coefficient (Wildman–Crippen LogP) is 33.9. The van der Waals surface area contributed by atoms with Crippen molar-refractivity contribution in [2.24, 2.45) is 0 Å². The molecule has 135 heavy (non-hydrogen) atoms. The number of anilines is 6. The highest BCUT2D eigenvalue weighted by molar-refractivity contribution is 6.11. The molecule has 4 nitrogen and oxygen atoms in total. The van der Waals surface area contributed by atoms with E-state index in [0.717, 1.165) is 111 Å². The zero-order valence-electron chi connectivity index (χ0n) is 74.1. The highest BCUT2D eigenvalue weighted by atomic mass is 16.3. The summed E-state index contributed by atoms with van der Waals surface area (Å²) in [5, 5.41) is 4.44. The van der Waals surface area contributed by atoms with Gasteiger partial charge in [0.2, 0.25) is 0 Å². The van der Waals surface area contributed by atoms with Gasteiger partial charge < -0.3 is 18.6 Å². The summed E-state index contributed by atoms with van der Waals surface area (Å²) < 4.78 is 13.4. The van der Waals surface area contributed by atoms with Crippen molar-refractivity contribution >= 4 is 78.0 Å². The molecule has 0 saturated carbocycles. The van der Waals surface area contributed by atoms with Crippen molar-refractivity contribution in [3.63, 3.8) is 0 Å². The minimum absolute atomic E-state index is 0.559. The van der Waals surface area contributed by atoms with Gasteiger partial charge in [0.05, 0.1) is 16.2 Å². The molecule has 4 aliphatic rings. The fraction of sp³-hybridized carbons (Fsp3) is 0.0382. The molecular formula is C131H86N2O2. The molecular weight excluding hydrogens is 1630 g/mol. The molecule has 4 heteroatoms. The average molecular weight is 1720 g/mol. The van der Waals surface area contributed by atoms with Crippen LogP contribution in [0.5, 0.6) is 0 Å². The number of rotatable bonds is 16. The third-order valence-corrected chi connectivity index (χ3v) is 30.2. The number of fused-ring (bicyclic) bond motifs is 18. The standard InChI is InChI=1S/C131H86N2O2/c1-128(116-51-23-17-41-104(116)108-77-73-98(81-120(108)128)132(96-69-61-87(62-70-96)102-47-29-49-114-112-45-21-27-55-124(112)134-126(102)114)99-74-78-109-105-42-18-24-52-117(105)129(121(109)82-99,90-31-7-2-8-32-90)91-33-9-3-10-34-91)89-65-57-85(58-66-89)86-59-67-95(68-60-86)131(94-39-15-6-16-40-94)119-54-26-20-44-107(119)111-80-76-101(84-123(111)131)133(97-71-63-88(64-72-97)103-48-30-50-115-113-46-22-28-56-125(113)135-127(103)115)100-75-79-110-106-43-19-25-53-118(106)130(122(110)83-100,92-35-11-4-12-36-92)93-37-13-5-14-38-93/h2-84H,1H3. The zero-order valence-corrected chi connectivity index (χ0v) is 74.1. The van der Waals surface area contributed by atoms with Crippen molar-refractivity contribution in [2.45, 2.75) is 28.6 Å². The zero-order chi connectivity index (χ0) is 89.1. The predicted molar refractivity (Wildman–Crippen MR) is 556 cm³/mol. The van der Waals surface area contributed by atoms with E-state index in [9.17, 15) is 0 Å². The van der Waals surface area contributed by atoms with Crippen LogP contribution in [-0.2, 0) is 21.7 Å². The van der Waals surface area contributed by atoms with E-state index in [2.05, 4.69) is 508 Å². The van der Waals surface area contributed by atoms with Crippen LogP contribution >= 0.6 is 0 Å². The van der Waals surface area contributed by atoms with Gasteiger partial charge in [-0.25, -0.2) is 0 Å². The lowest BCUT2D eigenvalue weighted by Crippen LogP contribution is -2.29. The molecule has 0 spiro atoms. The van der Waals surface area contributed by atoms with Gasteiger partial charge in [-0.1, -0.05) is 419 Å². The first-order valence-electron chi connectivity index (χ1n) is 46.9. The van der Waals surface area contributed by atoms with Gasteiger partial charge in [-0.15, -0.1) is 0 Å². The van der Waals surface area contributed by atoms with Gasteiger partial charge in [0.1, 0.15) is 22.3 Å². The van der Waals surface area contributed by atoms with Crippen LogP contribution in [0.4, 0.5) is 34.1 Å². The Balaban J connectivity index is 0.584. The number of benzene rings is 21. The van der Waals surface area contributed by atoms with Crippen LogP contribution < -0.4 is 9.80 Å². The van der Waals surface area contributed by atoms with Crippen LogP contribution in [0, 0.1) is 0 Å². The summed E-state index contributed by atoms with van der Waals surface area (Å²) in [5.41, 5.74) is 42.2. The van der Waals surface area contributed by atoms with E-state index in [1.54, 1.807) is 0 Å². The highest BCUT2D eigenvalue weighted by Crippen LogP contribution is 2.63. The first-order chi connectivity index (χ1) is 66.8. The lowest BCUT2D eigenvalue weighted by Gasteiger charge is -2.36. The van der Waals surface area contributed by atoms with Gasteiger partial charge in [-0.3, -0.25) is 0 Å². The number of furan rings is 2. The Hall–Kier alpha value is -17.2. The number of hydrogen-bond donors (Lipinski definition) is 0. The quantitative estimate of drug-likeness (QED) is 0.0965. The molecule has 0 N–H and O–H groups in total. The second-order valence-electron chi connectivity index (χ2n) is 36.8. The van der Waals surface area contributed by atoms with Crippen molar-refractivity contribution in [2.75, 3.05) is 9.80 Å². The van der Waals surface area contributed by atoms with Gasteiger partial charge in [0.15, 0.2) is 0 Å². The van der Waals surface area contributed by atoms with Crippen molar-refractivity contribution < 1.29 is 8.83 Å². The largest absolute Gasteiger partial charge is 0.455 e. The second kappa shape index (κ2) is 30.5. The molecule has 0 aliphatic heterocycles. The summed E-state index contributed by atoms with van der Waals surface area (Å²) in [5.74, 6) is 0. The Morgan fingerprint density at radius 2 is 0.407 bits per heavy atom. The van der Waals surface area contributed by atoms with Crippen LogP contribution in [0.15, 0.2) is 512 Å². The average Bonchev–Trinajstić information content (AvgIpc) is 1.52. The molecule has 4 aliphatic carbocycles. The Bertz CT molecular complexity index is 8580. The van der Waals surface area contributed by atoms with Crippen molar-refractivity contribution in [3.8, 4) is 77.9 Å². The first kappa shape index (κ1) is 77.7. The number of para-hydroxylation sites is 4. The van der Waals surface area contributed by atoms with E-state index in [-0.39, 0.29) is 0 Å². The monoisotopic (exact) mass is 1720 g/mol. The molecule has 2 heterocycles. The molecule has 23 aromatic rings. The summed E-state index contributed by atoms with van der Waals surface area (Å²) in [7, 11) is 0. The van der Waals surface area contributed by atoms with Gasteiger partial charge in [-0.05, 0) is 242 Å². The molecule has 27 rings (SSSR count). The van der Waals surface area contributed by atoms with Crippen molar-refractivity contribution in [3.05, 3.63) is 587 Å². The SMILES string of the molecule is CC1(c2ccc(-c3ccc(C4(c5ccccc5)c5ccccc5-c5ccc(N(c6ccc(-c7cccc8c7oc7ccccc78)cc6)c6ccc7c(c6)C(c6ccccc6)(c6ccccc6)c6ccccc6-7)cc54)cc3)cc2)c2ccccc2-c2ccc(N(c3ccc(-c4cccc5c4oc4ccccc45)cc3)c3ccc4c(c3)C(c3ccccc3)(c3ccccc3)c3ccccc3-4)cc21. The smallest absolute Gasteiger partial charge is 0.143 e. The normalized spacial score (nSPS) is 15.3. The summed E-state index contributed by atoms with van der Waals surface area (Å²) in [4.78, 5) is 4.99. The molecule has 0 radical (unpaired) electrons. The van der Waals surface area contributed by atoms with E-state index in [4.69, 9.17) is 8.83 Å². The lowest BCUT2D eigenvalue weighted by molar-refractivity contribution is 0.669. The van der Waals surface area contributed by atoms with Crippen LogP contribution in [0.3, 0.4) is 0 Å². The summed E-state index contributed by atoms with van der Waals surface area (Å²) in [6.07, 6.45) is 0. The third-order valence-electron chi connectivity index (χ3n) is 30.2. The van der Waals surface area contributed by atoms with Crippen molar-refractivity contribution in [1.82, 2.24) is 0 Å². The van der Waals surface area contributed by atoms with Gasteiger partial charge >= 0.3 is 0 Å². The third kappa shape index (κ3) is 11.4. The Morgan fingerprint density at radius 3 is 0.763 bits per heavy atom. The molecule has 21 aromatic carbocycles. The van der Waals surface area contributed by atoms with Crippen LogP contribution in [0.25, 0.3) is 122 Å². The van der Waals surface area contributed by atoms with Crippen LogP contribution in [0.2, 0.25) is 0 Å². The van der Waals surface area contributed by atoms with Gasteiger partial charge in [0, 0.05) is 72.2 Å². The minimum Gasteiger partial charge on any atom is -0.455 e. The van der Waals surface area contributed by atoms with E-state index < -0.39 is 21.7 Å². The summed E-state index contributed by atoms with van der Waals surface area (Å²) in [6, 6.07) is 188. The molecule has 0 saturated heterocycles. The maximum atomic E-state index is 6.72. The van der Waals surface area contributed by atoms with Gasteiger partial charge in [0.25, 0.3) is 0 Å².